The topological polar surface area (TPSA) is 6.48 Å². The molecule has 0 aromatic heterocycles. The molecule has 1 saturated heterocycles. The molecule has 0 spiro atoms. The zero-order chi connectivity index (χ0) is 13.6. The predicted octanol–water partition coefficient (Wildman–Crippen LogP) is 3.23. The average Bonchev–Trinajstić information content (AvgIpc) is 2.39. The second-order valence-electron chi connectivity index (χ2n) is 8.54. The fourth-order valence-corrected chi connectivity index (χ4v) is 6.45. The summed E-state index contributed by atoms with van der Waals surface area (Å²) in [6.45, 7) is 10.4. The first kappa shape index (κ1) is 13.6. The maximum atomic E-state index is 2.82. The van der Waals surface area contributed by atoms with Gasteiger partial charge in [0.25, 0.3) is 0 Å². The Bertz CT molecular complexity index is 308. The van der Waals surface area contributed by atoms with Crippen LogP contribution < -0.4 is 0 Å². The van der Waals surface area contributed by atoms with Crippen LogP contribution in [0.25, 0.3) is 0 Å². The summed E-state index contributed by atoms with van der Waals surface area (Å²) in [6, 6.07) is 0. The summed E-state index contributed by atoms with van der Waals surface area (Å²) in [7, 11) is 0. The lowest BCUT2D eigenvalue weighted by Crippen LogP contribution is -2.54. The van der Waals surface area contributed by atoms with Crippen LogP contribution in [0.15, 0.2) is 0 Å². The highest BCUT2D eigenvalue weighted by Crippen LogP contribution is 2.60. The largest absolute Gasteiger partial charge is 0.301 e. The van der Waals surface area contributed by atoms with E-state index < -0.39 is 0 Å². The van der Waals surface area contributed by atoms with E-state index in [1.54, 1.807) is 38.5 Å². The molecule has 5 fully saturated rings. The van der Waals surface area contributed by atoms with E-state index in [4.69, 9.17) is 0 Å². The first-order valence-corrected chi connectivity index (χ1v) is 9.19. The summed E-state index contributed by atoms with van der Waals surface area (Å²) in [5, 5.41) is 0. The molecule has 0 amide bonds. The summed E-state index contributed by atoms with van der Waals surface area (Å²) in [6.07, 6.45) is 10.8. The van der Waals surface area contributed by atoms with Crippen molar-refractivity contribution in [2.75, 3.05) is 39.3 Å². The lowest BCUT2D eigenvalue weighted by atomic mass is 9.49. The fraction of sp³-hybridized carbons (Fsp3) is 1.00. The molecule has 5 rings (SSSR count). The molecule has 1 aliphatic heterocycles. The van der Waals surface area contributed by atoms with Gasteiger partial charge in [-0.2, -0.15) is 0 Å². The minimum atomic E-state index is 0.752. The molecule has 0 aromatic rings. The van der Waals surface area contributed by atoms with Gasteiger partial charge in [-0.1, -0.05) is 6.92 Å². The normalized spacial score (nSPS) is 45.1. The monoisotopic (exact) mass is 276 g/mol. The third-order valence-corrected chi connectivity index (χ3v) is 6.73. The standard InChI is InChI=1S/C18H32N2/c1-2-3-19-4-6-20(7-5-19)14-18-11-15-8-16(12-18)10-17(9-15)13-18/h15-17H,2-14H2,1H3. The number of hydrogen-bond acceptors (Lipinski definition) is 2. The summed E-state index contributed by atoms with van der Waals surface area (Å²) >= 11 is 0. The average molecular weight is 276 g/mol. The van der Waals surface area contributed by atoms with E-state index in [1.165, 1.54) is 45.7 Å². The Kier molecular flexibility index (Phi) is 3.58. The van der Waals surface area contributed by atoms with Gasteiger partial charge in [0, 0.05) is 32.7 Å². The molecule has 20 heavy (non-hydrogen) atoms. The van der Waals surface area contributed by atoms with Crippen LogP contribution in [-0.2, 0) is 0 Å². The molecule has 2 heteroatoms. The van der Waals surface area contributed by atoms with E-state index >= 15 is 0 Å². The minimum Gasteiger partial charge on any atom is -0.301 e. The fourth-order valence-electron chi connectivity index (χ4n) is 6.45. The van der Waals surface area contributed by atoms with Gasteiger partial charge < -0.3 is 9.80 Å². The minimum absolute atomic E-state index is 0.752. The maximum Gasteiger partial charge on any atom is 0.0110 e. The molecule has 0 unspecified atom stereocenters. The molecule has 114 valence electrons. The van der Waals surface area contributed by atoms with Crippen LogP contribution in [-0.4, -0.2) is 49.1 Å². The first-order chi connectivity index (χ1) is 9.75. The maximum absolute atomic E-state index is 2.82. The number of hydrogen-bond donors (Lipinski definition) is 0. The summed E-state index contributed by atoms with van der Waals surface area (Å²) in [4.78, 5) is 5.48. The number of piperazine rings is 1. The van der Waals surface area contributed by atoms with Gasteiger partial charge in [-0.05, 0) is 74.7 Å². The molecule has 0 atom stereocenters. The van der Waals surface area contributed by atoms with Gasteiger partial charge in [-0.25, -0.2) is 0 Å². The van der Waals surface area contributed by atoms with Crippen molar-refractivity contribution in [1.29, 1.82) is 0 Å². The molecular weight excluding hydrogens is 244 g/mol. The van der Waals surface area contributed by atoms with Crippen molar-refractivity contribution in [3.05, 3.63) is 0 Å². The summed E-state index contributed by atoms with van der Waals surface area (Å²) in [5.41, 5.74) is 0.752. The van der Waals surface area contributed by atoms with E-state index in [9.17, 15) is 0 Å². The summed E-state index contributed by atoms with van der Waals surface area (Å²) < 4.78 is 0. The molecule has 2 nitrogen and oxygen atoms in total. The Labute approximate surface area is 124 Å². The van der Waals surface area contributed by atoms with Crippen molar-refractivity contribution in [2.24, 2.45) is 23.2 Å². The van der Waals surface area contributed by atoms with Gasteiger partial charge in [-0.3, -0.25) is 0 Å². The third kappa shape index (κ3) is 2.54. The van der Waals surface area contributed by atoms with Crippen LogP contribution in [0.5, 0.6) is 0 Å². The van der Waals surface area contributed by atoms with Gasteiger partial charge in [0.15, 0.2) is 0 Å². The Morgan fingerprint density at radius 2 is 1.30 bits per heavy atom. The van der Waals surface area contributed by atoms with Crippen LogP contribution in [0.1, 0.15) is 51.9 Å². The Morgan fingerprint density at radius 3 is 1.80 bits per heavy atom. The van der Waals surface area contributed by atoms with Crippen molar-refractivity contribution >= 4 is 0 Å². The van der Waals surface area contributed by atoms with E-state index in [0.717, 1.165) is 23.2 Å². The van der Waals surface area contributed by atoms with E-state index in [1.807, 2.05) is 0 Å². The highest BCUT2D eigenvalue weighted by atomic mass is 15.3. The van der Waals surface area contributed by atoms with Crippen LogP contribution in [0.4, 0.5) is 0 Å². The van der Waals surface area contributed by atoms with Gasteiger partial charge in [0.05, 0.1) is 0 Å². The molecule has 4 aliphatic carbocycles. The van der Waals surface area contributed by atoms with Crippen LogP contribution in [0.3, 0.4) is 0 Å². The molecule has 5 aliphatic rings. The van der Waals surface area contributed by atoms with Crippen LogP contribution in [0.2, 0.25) is 0 Å². The Hall–Kier alpha value is -0.0800. The highest BCUT2D eigenvalue weighted by Gasteiger charge is 2.51. The van der Waals surface area contributed by atoms with Gasteiger partial charge in [0.2, 0.25) is 0 Å². The highest BCUT2D eigenvalue weighted by molar-refractivity contribution is 5.02. The second-order valence-corrected chi connectivity index (χ2v) is 8.54. The Balaban J connectivity index is 1.35. The smallest absolute Gasteiger partial charge is 0.0110 e. The molecule has 4 saturated carbocycles. The quantitative estimate of drug-likeness (QED) is 0.778. The zero-order valence-electron chi connectivity index (χ0n) is 13.3. The molecule has 1 heterocycles. The van der Waals surface area contributed by atoms with Crippen LogP contribution in [0, 0.1) is 23.2 Å². The molecular formula is C18H32N2. The molecule has 0 radical (unpaired) electrons. The van der Waals surface area contributed by atoms with Crippen molar-refractivity contribution in [1.82, 2.24) is 9.80 Å². The number of rotatable bonds is 4. The molecule has 0 N–H and O–H groups in total. The van der Waals surface area contributed by atoms with Crippen molar-refractivity contribution < 1.29 is 0 Å². The Morgan fingerprint density at radius 1 is 0.800 bits per heavy atom. The SMILES string of the molecule is CCCN1CCN(CC23CC4CC(CC(C4)C2)C3)CC1. The third-order valence-electron chi connectivity index (χ3n) is 6.73. The van der Waals surface area contributed by atoms with Gasteiger partial charge in [0.1, 0.15) is 0 Å². The zero-order valence-corrected chi connectivity index (χ0v) is 13.3. The van der Waals surface area contributed by atoms with Gasteiger partial charge in [-0.15, -0.1) is 0 Å². The van der Waals surface area contributed by atoms with Crippen LogP contribution >= 0.6 is 0 Å². The van der Waals surface area contributed by atoms with Gasteiger partial charge >= 0.3 is 0 Å². The first-order valence-electron chi connectivity index (χ1n) is 9.19. The summed E-state index contributed by atoms with van der Waals surface area (Å²) in [5.74, 6) is 3.34. The van der Waals surface area contributed by atoms with Crippen molar-refractivity contribution in [2.45, 2.75) is 51.9 Å². The van der Waals surface area contributed by atoms with Crippen molar-refractivity contribution in [3.63, 3.8) is 0 Å². The van der Waals surface area contributed by atoms with E-state index in [-0.39, 0.29) is 0 Å². The lowest BCUT2D eigenvalue weighted by molar-refractivity contribution is -0.0735. The van der Waals surface area contributed by atoms with E-state index in [2.05, 4.69) is 16.7 Å². The van der Waals surface area contributed by atoms with E-state index in [0.29, 0.717) is 0 Å². The molecule has 0 aromatic carbocycles. The predicted molar refractivity (Wildman–Crippen MR) is 83.8 cm³/mol. The number of nitrogens with zero attached hydrogens (tertiary/aromatic N) is 2. The van der Waals surface area contributed by atoms with Crippen molar-refractivity contribution in [3.8, 4) is 0 Å². The molecule has 4 bridgehead atoms. The second kappa shape index (κ2) is 5.28. The lowest BCUT2D eigenvalue weighted by Gasteiger charge is -2.58.